The molecule has 0 unspecified atom stereocenters. The lowest BCUT2D eigenvalue weighted by atomic mass is 10.0. The highest BCUT2D eigenvalue weighted by atomic mass is 32.1. The summed E-state index contributed by atoms with van der Waals surface area (Å²) in [6.07, 6.45) is -3.52. The Kier molecular flexibility index (Phi) is 8.15. The molecule has 0 saturated carbocycles. The minimum Gasteiger partial charge on any atom is -0.482 e. The summed E-state index contributed by atoms with van der Waals surface area (Å²) in [7, 11) is 0. The quantitative estimate of drug-likeness (QED) is 0.244. The molecule has 180 valence electrons. The highest BCUT2D eigenvalue weighted by molar-refractivity contribution is 7.15. The van der Waals surface area contributed by atoms with Crippen LogP contribution in [0, 0.1) is 13.8 Å². The average molecular weight is 491 g/mol. The highest BCUT2D eigenvalue weighted by Crippen LogP contribution is 2.35. The third-order valence-electron chi connectivity index (χ3n) is 5.24. The van der Waals surface area contributed by atoms with Crippen molar-refractivity contribution in [3.63, 3.8) is 0 Å². The Hall–Kier alpha value is -3.13. The molecule has 0 aliphatic carbocycles. The molecule has 0 aliphatic heterocycles. The van der Waals surface area contributed by atoms with E-state index in [0.717, 1.165) is 33.0 Å². The lowest BCUT2D eigenvalue weighted by molar-refractivity contribution is -0.145. The van der Waals surface area contributed by atoms with Gasteiger partial charge < -0.3 is 9.47 Å². The van der Waals surface area contributed by atoms with Crippen LogP contribution in [0.4, 0.5) is 13.2 Å². The summed E-state index contributed by atoms with van der Waals surface area (Å²) in [5.41, 5.74) is 2.34. The Bertz CT molecular complexity index is 1160. The maximum Gasteiger partial charge on any atom is 0.416 e. The van der Waals surface area contributed by atoms with Gasteiger partial charge in [0.05, 0.1) is 12.2 Å². The summed E-state index contributed by atoms with van der Waals surface area (Å²) in [5, 5.41) is 0. The zero-order valence-electron chi connectivity index (χ0n) is 19.1. The van der Waals surface area contributed by atoms with Crippen molar-refractivity contribution in [2.75, 3.05) is 13.2 Å². The fourth-order valence-electron chi connectivity index (χ4n) is 3.43. The number of halogens is 3. The number of hydrogen-bond acceptors (Lipinski definition) is 5. The van der Waals surface area contributed by atoms with Gasteiger partial charge in [-0.3, -0.25) is 4.79 Å². The highest BCUT2D eigenvalue weighted by Gasteiger charge is 2.30. The third-order valence-corrected chi connectivity index (χ3v) is 6.59. The minimum atomic E-state index is -4.36. The van der Waals surface area contributed by atoms with Gasteiger partial charge in [0.15, 0.2) is 12.4 Å². The number of rotatable bonds is 9. The number of carbonyl (C=O) groups excluding carboxylic acids is 2. The van der Waals surface area contributed by atoms with Crippen LogP contribution in [0.1, 0.15) is 45.3 Å². The third kappa shape index (κ3) is 6.47. The zero-order valence-corrected chi connectivity index (χ0v) is 19.9. The van der Waals surface area contributed by atoms with E-state index in [1.807, 2.05) is 13.0 Å². The molecule has 4 nitrogen and oxygen atoms in total. The summed E-state index contributed by atoms with van der Waals surface area (Å²) >= 11 is 1.48. The van der Waals surface area contributed by atoms with Crippen molar-refractivity contribution in [2.24, 2.45) is 0 Å². The van der Waals surface area contributed by atoms with Gasteiger partial charge in [-0.25, -0.2) is 4.79 Å². The molecule has 1 heterocycles. The zero-order chi connectivity index (χ0) is 24.9. The van der Waals surface area contributed by atoms with E-state index in [-0.39, 0.29) is 19.0 Å². The van der Waals surface area contributed by atoms with Crippen LogP contribution in [-0.2, 0) is 22.1 Å². The Morgan fingerprint density at radius 3 is 2.29 bits per heavy atom. The molecule has 3 rings (SSSR count). The van der Waals surface area contributed by atoms with Crippen LogP contribution in [0.3, 0.4) is 0 Å². The summed E-state index contributed by atoms with van der Waals surface area (Å²) in [6.45, 7) is 5.54. The summed E-state index contributed by atoms with van der Waals surface area (Å²) in [6, 6.07) is 12.1. The smallest absolute Gasteiger partial charge is 0.416 e. The number of benzene rings is 2. The second-order valence-corrected chi connectivity index (χ2v) is 8.93. The molecule has 0 radical (unpaired) electrons. The van der Waals surface area contributed by atoms with Crippen LogP contribution in [0.25, 0.3) is 10.4 Å². The molecular formula is C26H25F3O4S. The molecule has 0 atom stereocenters. The molecule has 3 aromatic rings. The van der Waals surface area contributed by atoms with E-state index in [1.165, 1.54) is 23.5 Å². The van der Waals surface area contributed by atoms with Gasteiger partial charge in [0.25, 0.3) is 0 Å². The lowest BCUT2D eigenvalue weighted by Gasteiger charge is -2.10. The van der Waals surface area contributed by atoms with E-state index >= 15 is 0 Å². The summed E-state index contributed by atoms with van der Waals surface area (Å²) in [4.78, 5) is 26.1. The van der Waals surface area contributed by atoms with Gasteiger partial charge >= 0.3 is 12.1 Å². The monoisotopic (exact) mass is 490 g/mol. The van der Waals surface area contributed by atoms with Crippen LogP contribution >= 0.6 is 11.3 Å². The first-order chi connectivity index (χ1) is 16.1. The maximum atomic E-state index is 12.8. The van der Waals surface area contributed by atoms with Gasteiger partial charge in [0.2, 0.25) is 0 Å². The van der Waals surface area contributed by atoms with Crippen molar-refractivity contribution in [3.05, 3.63) is 75.7 Å². The Morgan fingerprint density at radius 2 is 1.68 bits per heavy atom. The van der Waals surface area contributed by atoms with Crippen molar-refractivity contribution >= 4 is 23.1 Å². The van der Waals surface area contributed by atoms with Crippen LogP contribution < -0.4 is 4.74 Å². The number of ether oxygens (including phenoxy) is 2. The standard InChI is InChI=1S/C26H25F3O4S/c1-4-32-25(31)15-33-22-11-7-19(13-16(22)2)21(30)10-12-23-17(3)14-24(34-23)18-5-8-20(9-6-18)26(27,28)29/h5-9,11,13-14H,4,10,12,15H2,1-3H3. The van der Waals surface area contributed by atoms with Crippen molar-refractivity contribution in [1.29, 1.82) is 0 Å². The molecule has 0 spiro atoms. The normalized spacial score (nSPS) is 11.4. The Labute approximate surface area is 200 Å². The molecule has 2 aromatic carbocycles. The van der Waals surface area contributed by atoms with Gasteiger partial charge in [0, 0.05) is 21.7 Å². The predicted molar refractivity (Wildman–Crippen MR) is 125 cm³/mol. The largest absolute Gasteiger partial charge is 0.482 e. The van der Waals surface area contributed by atoms with Crippen LogP contribution in [0.15, 0.2) is 48.5 Å². The number of thiophene rings is 1. The number of Topliss-reactive ketones (excluding diaryl/α,β-unsaturated/α-hetero) is 1. The average Bonchev–Trinajstić information content (AvgIpc) is 3.16. The van der Waals surface area contributed by atoms with Crippen molar-refractivity contribution in [1.82, 2.24) is 0 Å². The lowest BCUT2D eigenvalue weighted by Crippen LogP contribution is -2.15. The van der Waals surface area contributed by atoms with Crippen LogP contribution in [-0.4, -0.2) is 25.0 Å². The Morgan fingerprint density at radius 1 is 0.971 bits per heavy atom. The molecule has 0 N–H and O–H groups in total. The topological polar surface area (TPSA) is 52.6 Å². The van der Waals surface area contributed by atoms with Crippen molar-refractivity contribution in [3.8, 4) is 16.2 Å². The van der Waals surface area contributed by atoms with E-state index in [1.54, 1.807) is 32.0 Å². The second kappa shape index (κ2) is 10.9. The van der Waals surface area contributed by atoms with Gasteiger partial charge in [-0.05, 0) is 80.3 Å². The second-order valence-electron chi connectivity index (χ2n) is 7.79. The first-order valence-corrected chi connectivity index (χ1v) is 11.6. The molecule has 0 saturated heterocycles. The number of esters is 1. The first kappa shape index (κ1) is 25.5. The summed E-state index contributed by atoms with van der Waals surface area (Å²) in [5.74, 6) is 0.0350. The maximum absolute atomic E-state index is 12.8. The number of hydrogen-bond donors (Lipinski definition) is 0. The molecule has 0 fully saturated rings. The van der Waals surface area contributed by atoms with Gasteiger partial charge in [-0.1, -0.05) is 12.1 Å². The fraction of sp³-hybridized carbons (Fsp3) is 0.308. The number of alkyl halides is 3. The molecule has 0 amide bonds. The van der Waals surface area contributed by atoms with E-state index in [2.05, 4.69) is 0 Å². The molecule has 0 aliphatic rings. The Balaban J connectivity index is 1.62. The van der Waals surface area contributed by atoms with E-state index < -0.39 is 17.7 Å². The molecular weight excluding hydrogens is 465 g/mol. The van der Waals surface area contributed by atoms with Gasteiger partial charge in [-0.15, -0.1) is 11.3 Å². The van der Waals surface area contributed by atoms with Gasteiger partial charge in [-0.2, -0.15) is 13.2 Å². The van der Waals surface area contributed by atoms with E-state index in [0.29, 0.717) is 29.7 Å². The molecule has 0 bridgehead atoms. The number of carbonyl (C=O) groups is 2. The minimum absolute atomic E-state index is 0.0241. The first-order valence-electron chi connectivity index (χ1n) is 10.8. The van der Waals surface area contributed by atoms with E-state index in [9.17, 15) is 22.8 Å². The summed E-state index contributed by atoms with van der Waals surface area (Å²) < 4.78 is 48.7. The van der Waals surface area contributed by atoms with E-state index in [4.69, 9.17) is 9.47 Å². The fourth-order valence-corrected chi connectivity index (χ4v) is 4.61. The SMILES string of the molecule is CCOC(=O)COc1ccc(C(=O)CCc2sc(-c3ccc(C(F)(F)F)cc3)cc2C)cc1C. The van der Waals surface area contributed by atoms with Crippen molar-refractivity contribution in [2.45, 2.75) is 39.8 Å². The number of aryl methyl sites for hydroxylation is 3. The van der Waals surface area contributed by atoms with Crippen LogP contribution in [0.2, 0.25) is 0 Å². The molecule has 8 heteroatoms. The molecule has 1 aromatic heterocycles. The molecule has 34 heavy (non-hydrogen) atoms. The van der Waals surface area contributed by atoms with Gasteiger partial charge in [0.1, 0.15) is 5.75 Å². The number of ketones is 1. The predicted octanol–water partition coefficient (Wildman–Crippen LogP) is 6.81. The van der Waals surface area contributed by atoms with Crippen LogP contribution in [0.5, 0.6) is 5.75 Å². The van der Waals surface area contributed by atoms with Crippen molar-refractivity contribution < 1.29 is 32.2 Å².